The standard InChI is InChI=1S/C13H19NO4.C12H13N3O2.C12H17NO4S.C12H13NO3.C10H11NO3.C9H11NO4.C6H7NO2/c1-13(2,3)18-11(15)6-8-14-7-5-10(9-14)12(16)17-4;1-14-10-3-4-15-7-8(12(16)17-2)5-11(15)9(10)6-13-14;1-17-12(15)10-4-6-13(8-10)7-5-11(14)9-18(2,3)16;1-3-9-10-6-8(12(15)16-2)7-13(10)5-4-11(9)14;1-14-10(13)7-4-8-5-9(12)2-3-11(8)6-7;1-14-9(13)7-2-4-10(6-7)5-3-8(11)12;1-9-6(8)5-2-3-7-4-5/h5,7,9H,6,8H2,1-4H3;5-7H,3-4H2,1-2H3;4,6,8-9H,5,7H2,1-3H3;3,6-7H,4-5H2,1-2H3;4,6H,2-3,5H2,1H3;2,4,6H,3,5H2,1H3,(H,11,12);2-4,7H,1H3. The van der Waals surface area contributed by atoms with Gasteiger partial charge < -0.3 is 75.4 Å². The topological polar surface area (TPSA) is 379 Å². The maximum Gasteiger partial charge on any atom is 0.339 e. The Bertz CT molecular complexity index is 4570. The smallest absolute Gasteiger partial charge is 0.339 e. The Labute approximate surface area is 612 Å². The summed E-state index contributed by atoms with van der Waals surface area (Å²) in [6.45, 7) is 10.8. The number of aryl methyl sites for hydroxylation is 7. The summed E-state index contributed by atoms with van der Waals surface area (Å²) in [5.41, 5.74) is 8.80. The number of hydrogen-bond donors (Lipinski definition) is 2. The second-order valence-electron chi connectivity index (χ2n) is 24.8. The first-order valence-corrected chi connectivity index (χ1v) is 35.4. The highest BCUT2D eigenvalue weighted by Crippen LogP contribution is 2.31. The molecule has 570 valence electrons. The number of aliphatic carboxylic acids is 1. The van der Waals surface area contributed by atoms with Crippen LogP contribution in [0.25, 0.3) is 16.8 Å². The van der Waals surface area contributed by atoms with E-state index in [9.17, 15) is 61.7 Å². The van der Waals surface area contributed by atoms with Gasteiger partial charge in [-0.05, 0) is 79.7 Å². The fraction of sp³-hybridized carbons (Fsp3) is 0.378. The molecule has 2 N–H and O–H groups in total. The van der Waals surface area contributed by atoms with Crippen LogP contribution in [-0.2, 0) is 131 Å². The van der Waals surface area contributed by atoms with E-state index in [2.05, 4.69) is 43.1 Å². The maximum atomic E-state index is 11.6. The summed E-state index contributed by atoms with van der Waals surface area (Å²) in [7, 11) is 9.20. The van der Waals surface area contributed by atoms with Crippen molar-refractivity contribution in [3.63, 3.8) is 0 Å². The predicted octanol–water partition coefficient (Wildman–Crippen LogP) is 7.81. The Balaban J connectivity index is 0.000000224. The first kappa shape index (κ1) is 84.8. The fourth-order valence-corrected chi connectivity index (χ4v) is 11.2. The van der Waals surface area contributed by atoms with Gasteiger partial charge in [0, 0.05) is 187 Å². The molecule has 0 radical (unpaired) electrons. The van der Waals surface area contributed by atoms with Crippen LogP contribution in [0.2, 0.25) is 0 Å². The number of rotatable bonds is 17. The van der Waals surface area contributed by atoms with Gasteiger partial charge in [0.05, 0.1) is 119 Å². The second kappa shape index (κ2) is 40.3. The van der Waals surface area contributed by atoms with Gasteiger partial charge in [-0.1, -0.05) is 6.08 Å². The largest absolute Gasteiger partial charge is 0.481 e. The summed E-state index contributed by atoms with van der Waals surface area (Å²) in [6.07, 6.45) is 28.2. The number of allylic oxidation sites excluding steroid dienone is 2. The SMILES string of the molecule is CC=C1C(=O)CCn2cc(C(=O)OC)cc21.COC(=O)c1cc2n(c1)CCC(=O)C2.COC(=O)c1cc2n(c1)CCc1c-2cnn1C.COC(=O)c1cc[nH]c1.COC(=O)c1ccn(CCC(=O)C=S(C)(C)=O)c1.COC(=O)c1ccn(CCC(=O)O)c1.COC(=O)c1ccn(CCC(=O)OC(C)(C)C)c1. The van der Waals surface area contributed by atoms with E-state index in [1.807, 2.05) is 67.0 Å². The van der Waals surface area contributed by atoms with Crippen molar-refractivity contribution in [1.29, 1.82) is 0 Å². The molecule has 32 heteroatoms. The van der Waals surface area contributed by atoms with Crippen LogP contribution >= 0.6 is 0 Å². The van der Waals surface area contributed by atoms with Crippen molar-refractivity contribution in [3.05, 3.63) is 179 Å². The summed E-state index contributed by atoms with van der Waals surface area (Å²) in [5.74, 6) is -3.44. The van der Waals surface area contributed by atoms with Crippen LogP contribution in [0, 0.1) is 0 Å². The van der Waals surface area contributed by atoms with Gasteiger partial charge in [0.2, 0.25) is 0 Å². The Morgan fingerprint density at radius 3 is 1.45 bits per heavy atom. The number of carbonyl (C=O) groups is 12. The van der Waals surface area contributed by atoms with Gasteiger partial charge in [-0.2, -0.15) is 5.10 Å². The van der Waals surface area contributed by atoms with Crippen LogP contribution < -0.4 is 0 Å². The number of ketones is 3. The summed E-state index contributed by atoms with van der Waals surface area (Å²) < 4.78 is 61.7. The van der Waals surface area contributed by atoms with Crippen LogP contribution in [0.1, 0.15) is 149 Å². The van der Waals surface area contributed by atoms with Gasteiger partial charge in [0.15, 0.2) is 11.6 Å². The third-order valence-electron chi connectivity index (χ3n) is 15.6. The molecular formula is C74H91N9O22S. The van der Waals surface area contributed by atoms with E-state index >= 15 is 0 Å². The number of fused-ring (bicyclic) bond motifs is 5. The third-order valence-corrected chi connectivity index (χ3v) is 16.4. The summed E-state index contributed by atoms with van der Waals surface area (Å²) >= 11 is 0. The number of carbonyl (C=O) groups excluding carboxylic acids is 11. The van der Waals surface area contributed by atoms with E-state index in [0.717, 1.165) is 35.6 Å². The number of methoxy groups -OCH3 is 7. The van der Waals surface area contributed by atoms with Gasteiger partial charge in [-0.15, -0.1) is 0 Å². The molecule has 0 fully saturated rings. The molecule has 0 saturated heterocycles. The zero-order valence-electron chi connectivity index (χ0n) is 61.8. The predicted molar refractivity (Wildman–Crippen MR) is 388 cm³/mol. The summed E-state index contributed by atoms with van der Waals surface area (Å²) in [4.78, 5) is 137. The molecule has 0 amide bonds. The quantitative estimate of drug-likeness (QED) is 0.0379. The number of Topliss-reactive ketones (excluding diaryl/α,β-unsaturated/α-hetero) is 3. The number of nitrogens with one attached hydrogen (secondary N) is 1. The van der Waals surface area contributed by atoms with Crippen molar-refractivity contribution in [1.82, 2.24) is 42.2 Å². The summed E-state index contributed by atoms with van der Waals surface area (Å²) in [5, 5.41) is 14.0. The highest BCUT2D eigenvalue weighted by molar-refractivity contribution is 8.01. The van der Waals surface area contributed by atoms with Gasteiger partial charge >= 0.3 is 53.7 Å². The van der Waals surface area contributed by atoms with E-state index < -0.39 is 33.0 Å². The molecule has 0 unspecified atom stereocenters. The zero-order chi connectivity index (χ0) is 78.6. The Hall–Kier alpha value is -11.8. The molecule has 0 saturated carbocycles. The fourth-order valence-electron chi connectivity index (χ4n) is 10.5. The number of nitrogens with zero attached hydrogens (tertiary/aromatic N) is 8. The number of carboxylic acid groups (broad SMARTS) is 1. The molecule has 0 bridgehead atoms. The first-order chi connectivity index (χ1) is 50.2. The number of aromatic nitrogens is 9. The molecule has 3 aliphatic rings. The van der Waals surface area contributed by atoms with Gasteiger partial charge in [0.1, 0.15) is 11.4 Å². The van der Waals surface area contributed by atoms with Crippen molar-refractivity contribution in [2.75, 3.05) is 62.3 Å². The van der Waals surface area contributed by atoms with E-state index in [-0.39, 0.29) is 72.4 Å². The van der Waals surface area contributed by atoms with Crippen LogP contribution in [0.5, 0.6) is 0 Å². The molecule has 0 atom stereocenters. The number of esters is 8. The minimum atomic E-state index is -2.15. The first-order valence-electron chi connectivity index (χ1n) is 32.9. The lowest BCUT2D eigenvalue weighted by Crippen LogP contribution is -2.24. The van der Waals surface area contributed by atoms with Crippen LogP contribution in [0.3, 0.4) is 0 Å². The normalized spacial score (nSPS) is 12.5. The van der Waals surface area contributed by atoms with Crippen molar-refractivity contribution in [3.8, 4) is 11.3 Å². The summed E-state index contributed by atoms with van der Waals surface area (Å²) in [6, 6.07) is 11.8. The van der Waals surface area contributed by atoms with E-state index in [1.54, 1.807) is 118 Å². The second-order valence-corrected chi connectivity index (χ2v) is 27.7. The van der Waals surface area contributed by atoms with E-state index in [1.165, 1.54) is 73.3 Å². The molecule has 0 aromatic carbocycles. The Morgan fingerprint density at radius 2 is 0.991 bits per heavy atom. The van der Waals surface area contributed by atoms with Gasteiger partial charge in [0.25, 0.3) is 0 Å². The van der Waals surface area contributed by atoms with Crippen LogP contribution in [0.15, 0.2) is 123 Å². The molecule has 31 nitrogen and oxygen atoms in total. The minimum absolute atomic E-state index is 0.0370. The van der Waals surface area contributed by atoms with Crippen molar-refractivity contribution < 1.29 is 105 Å². The van der Waals surface area contributed by atoms with Gasteiger partial charge in [-0.25, -0.2) is 33.6 Å². The lowest BCUT2D eigenvalue weighted by Gasteiger charge is -2.19. The van der Waals surface area contributed by atoms with E-state index in [0.29, 0.717) is 96.5 Å². The average molecular weight is 1490 g/mol. The molecule has 11 rings (SSSR count). The van der Waals surface area contributed by atoms with Gasteiger partial charge in [-0.3, -0.25) is 32.9 Å². The molecule has 11 heterocycles. The molecule has 8 aromatic rings. The monoisotopic (exact) mass is 1490 g/mol. The lowest BCUT2D eigenvalue weighted by atomic mass is 10.0. The lowest BCUT2D eigenvalue weighted by molar-refractivity contribution is -0.155. The van der Waals surface area contributed by atoms with Crippen LogP contribution in [-0.4, -0.2) is 196 Å². The zero-order valence-corrected chi connectivity index (χ0v) is 62.6. The highest BCUT2D eigenvalue weighted by Gasteiger charge is 2.26. The highest BCUT2D eigenvalue weighted by atomic mass is 32.2. The molecule has 3 aliphatic heterocycles. The molecule has 0 spiro atoms. The van der Waals surface area contributed by atoms with Crippen molar-refractivity contribution >= 4 is 91.5 Å². The number of H-pyrrole nitrogens is 1. The van der Waals surface area contributed by atoms with E-state index in [4.69, 9.17) is 14.6 Å². The number of carboxylic acids is 1. The number of aromatic amines is 1. The molecular weight excluding hydrogens is 1400 g/mol. The molecule has 8 aromatic heterocycles. The van der Waals surface area contributed by atoms with Crippen molar-refractivity contribution in [2.24, 2.45) is 7.05 Å². The Kier molecular flexibility index (Phi) is 32.2. The maximum absolute atomic E-state index is 11.6. The van der Waals surface area contributed by atoms with Crippen LogP contribution in [0.4, 0.5) is 0 Å². The minimum Gasteiger partial charge on any atom is -0.481 e. The average Bonchev–Trinajstić information content (AvgIpc) is 1.63. The number of ether oxygens (including phenoxy) is 8. The van der Waals surface area contributed by atoms with Crippen molar-refractivity contribution in [2.45, 2.75) is 118 Å². The molecule has 106 heavy (non-hydrogen) atoms. The number of hydrogen-bond acceptors (Lipinski definition) is 22. The molecule has 0 aliphatic carbocycles. The third kappa shape index (κ3) is 26.1. The Morgan fingerprint density at radius 1 is 0.557 bits per heavy atom.